The van der Waals surface area contributed by atoms with Crippen LogP contribution < -0.4 is 16.4 Å². The molecule has 1 aromatic carbocycles. The van der Waals surface area contributed by atoms with Crippen molar-refractivity contribution in [2.24, 2.45) is 5.73 Å². The summed E-state index contributed by atoms with van der Waals surface area (Å²) in [5.74, 6) is 0.901. The van der Waals surface area contributed by atoms with E-state index in [1.54, 1.807) is 24.4 Å². The van der Waals surface area contributed by atoms with Crippen molar-refractivity contribution in [3.8, 4) is 5.75 Å². The monoisotopic (exact) mass is 300 g/mol. The molecule has 2 rings (SSSR count). The number of nitrogens with one attached hydrogen (secondary N) is 2. The Hall–Kier alpha value is -2.60. The third-order valence-corrected chi connectivity index (χ3v) is 3.07. The summed E-state index contributed by atoms with van der Waals surface area (Å²) >= 11 is 0. The van der Waals surface area contributed by atoms with Crippen molar-refractivity contribution >= 4 is 17.4 Å². The number of nitrogens with two attached hydrogens (primary N) is 1. The summed E-state index contributed by atoms with van der Waals surface area (Å²) in [6, 6.07) is 10.7. The first kappa shape index (κ1) is 15.8. The van der Waals surface area contributed by atoms with Crippen LogP contribution in [-0.2, 0) is 11.2 Å². The van der Waals surface area contributed by atoms with Gasteiger partial charge < -0.3 is 21.5 Å². The Kier molecular flexibility index (Phi) is 5.73. The van der Waals surface area contributed by atoms with Gasteiger partial charge in [0.25, 0.3) is 0 Å². The second-order valence-corrected chi connectivity index (χ2v) is 4.86. The molecular weight excluding hydrogens is 280 g/mol. The van der Waals surface area contributed by atoms with Crippen LogP contribution >= 0.6 is 0 Å². The molecule has 0 saturated heterocycles. The van der Waals surface area contributed by atoms with Gasteiger partial charge in [0.1, 0.15) is 11.6 Å². The third-order valence-electron chi connectivity index (χ3n) is 3.07. The van der Waals surface area contributed by atoms with Gasteiger partial charge in [-0.2, -0.15) is 0 Å². The molecule has 0 unspecified atom stereocenters. The van der Waals surface area contributed by atoms with E-state index in [4.69, 9.17) is 5.73 Å². The lowest BCUT2D eigenvalue weighted by Crippen LogP contribution is -2.16. The highest BCUT2D eigenvalue weighted by atomic mass is 16.3. The van der Waals surface area contributed by atoms with Crippen LogP contribution in [0.5, 0.6) is 5.75 Å². The van der Waals surface area contributed by atoms with Gasteiger partial charge in [-0.1, -0.05) is 12.1 Å². The molecule has 0 saturated carbocycles. The van der Waals surface area contributed by atoms with Crippen molar-refractivity contribution in [2.75, 3.05) is 23.7 Å². The van der Waals surface area contributed by atoms with Crippen LogP contribution in [0.15, 0.2) is 42.6 Å². The highest BCUT2D eigenvalue weighted by molar-refractivity contribution is 5.90. The molecule has 0 aliphatic carbocycles. The van der Waals surface area contributed by atoms with Crippen molar-refractivity contribution in [1.82, 2.24) is 4.98 Å². The lowest BCUT2D eigenvalue weighted by molar-refractivity contribution is -0.116. The average Bonchev–Trinajstić information content (AvgIpc) is 2.51. The number of hydrogen-bond donors (Lipinski definition) is 4. The normalized spacial score (nSPS) is 10.2. The molecule has 6 heteroatoms. The Balaban J connectivity index is 1.78. The van der Waals surface area contributed by atoms with E-state index in [0.29, 0.717) is 18.7 Å². The summed E-state index contributed by atoms with van der Waals surface area (Å²) in [6.07, 6.45) is 2.74. The maximum absolute atomic E-state index is 11.4. The number of aromatic nitrogens is 1. The molecule has 1 heterocycles. The Morgan fingerprint density at radius 3 is 2.59 bits per heavy atom. The minimum atomic E-state index is -0.114. The molecule has 5 N–H and O–H groups in total. The smallest absolute Gasteiger partial charge is 0.225 e. The zero-order valence-electron chi connectivity index (χ0n) is 12.2. The average molecular weight is 300 g/mol. The number of benzene rings is 1. The molecule has 2 aromatic rings. The second kappa shape index (κ2) is 7.99. The van der Waals surface area contributed by atoms with E-state index in [1.165, 1.54) is 0 Å². The highest BCUT2D eigenvalue weighted by Crippen LogP contribution is 2.12. The number of hydrogen-bond acceptors (Lipinski definition) is 5. The number of phenols is 1. The molecule has 0 bridgehead atoms. The molecule has 1 amide bonds. The fourth-order valence-electron chi connectivity index (χ4n) is 1.92. The fraction of sp³-hybridized carbons (Fsp3) is 0.250. The number of anilines is 2. The molecule has 1 aromatic heterocycles. The van der Waals surface area contributed by atoms with Crippen LogP contribution in [0.1, 0.15) is 12.0 Å². The number of carbonyl (C=O) groups is 1. The summed E-state index contributed by atoms with van der Waals surface area (Å²) in [6.45, 7) is 1.06. The van der Waals surface area contributed by atoms with E-state index in [9.17, 15) is 9.90 Å². The molecule has 0 radical (unpaired) electrons. The second-order valence-electron chi connectivity index (χ2n) is 4.86. The lowest BCUT2D eigenvalue weighted by atomic mass is 10.1. The predicted molar refractivity (Wildman–Crippen MR) is 86.8 cm³/mol. The van der Waals surface area contributed by atoms with Crippen LogP contribution in [0.4, 0.5) is 11.5 Å². The van der Waals surface area contributed by atoms with Gasteiger partial charge in [-0.25, -0.2) is 4.98 Å². The van der Waals surface area contributed by atoms with Gasteiger partial charge in [0.15, 0.2) is 0 Å². The summed E-state index contributed by atoms with van der Waals surface area (Å²) in [5.41, 5.74) is 7.11. The third kappa shape index (κ3) is 5.06. The molecular formula is C16H20N4O2. The Labute approximate surface area is 129 Å². The molecule has 0 aliphatic rings. The first-order valence-electron chi connectivity index (χ1n) is 7.15. The first-order chi connectivity index (χ1) is 10.7. The van der Waals surface area contributed by atoms with Crippen molar-refractivity contribution in [3.05, 3.63) is 48.2 Å². The number of amides is 1. The number of carbonyl (C=O) groups excluding carboxylic acids is 1. The van der Waals surface area contributed by atoms with E-state index in [-0.39, 0.29) is 11.7 Å². The van der Waals surface area contributed by atoms with Crippen LogP contribution in [0.2, 0.25) is 0 Å². The van der Waals surface area contributed by atoms with Crippen LogP contribution in [0, 0.1) is 0 Å². The highest BCUT2D eigenvalue weighted by Gasteiger charge is 2.01. The molecule has 0 spiro atoms. The molecule has 0 atom stereocenters. The van der Waals surface area contributed by atoms with Gasteiger partial charge in [-0.15, -0.1) is 0 Å². The topological polar surface area (TPSA) is 100 Å². The molecule has 116 valence electrons. The minimum Gasteiger partial charge on any atom is -0.508 e. The SMILES string of the molecule is NCCC(=O)Nc1ccc(NCCc2ccc(O)cc2)nc1. The van der Waals surface area contributed by atoms with Crippen molar-refractivity contribution in [3.63, 3.8) is 0 Å². The van der Waals surface area contributed by atoms with Gasteiger partial charge in [-0.05, 0) is 36.2 Å². The predicted octanol–water partition coefficient (Wildman–Crippen LogP) is 1.73. The Morgan fingerprint density at radius 1 is 1.18 bits per heavy atom. The van der Waals surface area contributed by atoms with Gasteiger partial charge in [-0.3, -0.25) is 4.79 Å². The van der Waals surface area contributed by atoms with E-state index >= 15 is 0 Å². The van der Waals surface area contributed by atoms with Gasteiger partial charge in [0.2, 0.25) is 5.91 Å². The van der Waals surface area contributed by atoms with Crippen molar-refractivity contribution in [2.45, 2.75) is 12.8 Å². The maximum Gasteiger partial charge on any atom is 0.225 e. The summed E-state index contributed by atoms with van der Waals surface area (Å²) in [5, 5.41) is 15.2. The maximum atomic E-state index is 11.4. The summed E-state index contributed by atoms with van der Waals surface area (Å²) in [4.78, 5) is 15.6. The van der Waals surface area contributed by atoms with Crippen molar-refractivity contribution in [1.29, 1.82) is 0 Å². The Morgan fingerprint density at radius 2 is 1.95 bits per heavy atom. The van der Waals surface area contributed by atoms with Crippen molar-refractivity contribution < 1.29 is 9.90 Å². The summed E-state index contributed by atoms with van der Waals surface area (Å²) in [7, 11) is 0. The van der Waals surface area contributed by atoms with Crippen LogP contribution in [0.3, 0.4) is 0 Å². The molecule has 0 fully saturated rings. The van der Waals surface area contributed by atoms with Gasteiger partial charge in [0.05, 0.1) is 11.9 Å². The van der Waals surface area contributed by atoms with Crippen LogP contribution in [0.25, 0.3) is 0 Å². The molecule has 6 nitrogen and oxygen atoms in total. The number of nitrogens with zero attached hydrogens (tertiary/aromatic N) is 1. The number of rotatable bonds is 7. The lowest BCUT2D eigenvalue weighted by Gasteiger charge is -2.08. The largest absolute Gasteiger partial charge is 0.508 e. The van der Waals surface area contributed by atoms with Gasteiger partial charge in [0, 0.05) is 19.5 Å². The number of phenolic OH excluding ortho intramolecular Hbond substituents is 1. The standard InChI is InChI=1S/C16H20N4O2/c17-9-7-16(22)20-13-3-6-15(19-11-13)18-10-8-12-1-4-14(21)5-2-12/h1-6,11,21H,7-10,17H2,(H,18,19)(H,20,22). The van der Waals surface area contributed by atoms with E-state index in [2.05, 4.69) is 15.6 Å². The van der Waals surface area contributed by atoms with Gasteiger partial charge >= 0.3 is 0 Å². The fourth-order valence-corrected chi connectivity index (χ4v) is 1.92. The Bertz CT molecular complexity index is 597. The summed E-state index contributed by atoms with van der Waals surface area (Å²) < 4.78 is 0. The van der Waals surface area contributed by atoms with E-state index in [0.717, 1.165) is 24.3 Å². The molecule has 0 aliphatic heterocycles. The minimum absolute atomic E-state index is 0.114. The zero-order valence-corrected chi connectivity index (χ0v) is 12.2. The molecule has 22 heavy (non-hydrogen) atoms. The van der Waals surface area contributed by atoms with E-state index < -0.39 is 0 Å². The number of pyridine rings is 1. The van der Waals surface area contributed by atoms with E-state index in [1.807, 2.05) is 18.2 Å². The quantitative estimate of drug-likeness (QED) is 0.624. The number of aromatic hydroxyl groups is 1. The zero-order chi connectivity index (χ0) is 15.8. The first-order valence-corrected chi connectivity index (χ1v) is 7.15. The van der Waals surface area contributed by atoms with Crippen LogP contribution in [-0.4, -0.2) is 29.1 Å².